The van der Waals surface area contributed by atoms with Gasteiger partial charge in [-0.05, 0) is 33.6 Å². The number of rotatable bonds is 3. The highest BCUT2D eigenvalue weighted by Gasteiger charge is 2.13. The fraction of sp³-hybridized carbons (Fsp3) is 0.167. The molecule has 0 bridgehead atoms. The molecule has 0 aliphatic rings. The van der Waals surface area contributed by atoms with E-state index in [1.807, 2.05) is 6.07 Å². The summed E-state index contributed by atoms with van der Waals surface area (Å²) in [5.74, 6) is 0.322. The van der Waals surface area contributed by atoms with Gasteiger partial charge < -0.3 is 5.73 Å². The molecule has 15 heavy (non-hydrogen) atoms. The lowest BCUT2D eigenvalue weighted by atomic mass is 9.98. The quantitative estimate of drug-likeness (QED) is 0.914. The molecule has 0 amide bonds. The molecule has 0 saturated carbocycles. The maximum atomic E-state index is 5.84. The molecule has 0 spiro atoms. The largest absolute Gasteiger partial charge is 0.329 e. The maximum Gasteiger partial charge on any atom is 0.0701 e. The van der Waals surface area contributed by atoms with E-state index in [1.165, 1.54) is 10.4 Å². The Bertz CT molecular complexity index is 424. The molecule has 0 saturated heterocycles. The van der Waals surface area contributed by atoms with E-state index in [0.29, 0.717) is 12.5 Å². The van der Waals surface area contributed by atoms with E-state index in [9.17, 15) is 0 Å². The molecule has 1 atom stereocenters. The monoisotopic (exact) mass is 281 g/mol. The van der Waals surface area contributed by atoms with Crippen molar-refractivity contribution in [3.05, 3.63) is 56.7 Å². The van der Waals surface area contributed by atoms with Gasteiger partial charge in [0.05, 0.1) is 3.79 Å². The summed E-state index contributed by atoms with van der Waals surface area (Å²) >= 11 is 5.23. The molecule has 0 aliphatic carbocycles. The smallest absolute Gasteiger partial charge is 0.0701 e. The highest BCUT2D eigenvalue weighted by Crippen LogP contribution is 2.31. The van der Waals surface area contributed by atoms with Gasteiger partial charge in [-0.25, -0.2) is 0 Å². The van der Waals surface area contributed by atoms with Crippen molar-refractivity contribution in [1.82, 2.24) is 0 Å². The molecule has 1 unspecified atom stereocenters. The van der Waals surface area contributed by atoms with Crippen LogP contribution in [0.4, 0.5) is 0 Å². The molecule has 1 nitrogen and oxygen atoms in total. The van der Waals surface area contributed by atoms with Gasteiger partial charge >= 0.3 is 0 Å². The normalized spacial score (nSPS) is 12.7. The molecule has 0 aliphatic heterocycles. The van der Waals surface area contributed by atoms with Crippen molar-refractivity contribution in [2.24, 2.45) is 5.73 Å². The zero-order valence-electron chi connectivity index (χ0n) is 8.19. The first-order valence-electron chi connectivity index (χ1n) is 4.81. The van der Waals surface area contributed by atoms with Crippen LogP contribution in [0.2, 0.25) is 0 Å². The average Bonchev–Trinajstić information content (AvgIpc) is 2.68. The zero-order valence-corrected chi connectivity index (χ0v) is 10.6. The van der Waals surface area contributed by atoms with Crippen molar-refractivity contribution in [1.29, 1.82) is 0 Å². The van der Waals surface area contributed by atoms with Crippen LogP contribution in [-0.2, 0) is 0 Å². The lowest BCUT2D eigenvalue weighted by Gasteiger charge is -2.12. The van der Waals surface area contributed by atoms with Gasteiger partial charge in [0.1, 0.15) is 0 Å². The summed E-state index contributed by atoms with van der Waals surface area (Å²) in [6, 6.07) is 14.6. The minimum absolute atomic E-state index is 0.322. The minimum atomic E-state index is 0.322. The van der Waals surface area contributed by atoms with Crippen LogP contribution < -0.4 is 5.73 Å². The summed E-state index contributed by atoms with van der Waals surface area (Å²) < 4.78 is 1.16. The predicted octanol–water partition coefficient (Wildman–Crippen LogP) is 3.60. The van der Waals surface area contributed by atoms with Gasteiger partial charge in [0.25, 0.3) is 0 Å². The van der Waals surface area contributed by atoms with Crippen LogP contribution in [0, 0.1) is 0 Å². The number of thiophene rings is 1. The van der Waals surface area contributed by atoms with Crippen LogP contribution in [0.25, 0.3) is 0 Å². The molecule has 1 heterocycles. The SMILES string of the molecule is NCC(c1ccccc1)c1ccc(Br)s1. The maximum absolute atomic E-state index is 5.84. The number of hydrogen-bond acceptors (Lipinski definition) is 2. The molecule has 1 aromatic carbocycles. The molecule has 2 N–H and O–H groups in total. The standard InChI is InChI=1S/C12H12BrNS/c13-12-7-6-11(15-12)10(8-14)9-4-2-1-3-5-9/h1-7,10H,8,14H2. The molecule has 0 radical (unpaired) electrons. The molecule has 1 aromatic heterocycles. The molecule has 2 aromatic rings. The Morgan fingerprint density at radius 1 is 1.13 bits per heavy atom. The van der Waals surface area contributed by atoms with E-state index < -0.39 is 0 Å². The van der Waals surface area contributed by atoms with Gasteiger partial charge in [0, 0.05) is 17.3 Å². The second-order valence-electron chi connectivity index (χ2n) is 3.34. The van der Waals surface area contributed by atoms with Crippen LogP contribution in [0.5, 0.6) is 0 Å². The molecular formula is C12H12BrNS. The Morgan fingerprint density at radius 3 is 2.40 bits per heavy atom. The van der Waals surface area contributed by atoms with E-state index in [4.69, 9.17) is 5.73 Å². The Balaban J connectivity index is 2.33. The van der Waals surface area contributed by atoms with Crippen LogP contribution in [0.1, 0.15) is 16.4 Å². The number of halogens is 1. The van der Waals surface area contributed by atoms with Crippen molar-refractivity contribution >= 4 is 27.3 Å². The Hall–Kier alpha value is -0.640. The summed E-state index contributed by atoms with van der Waals surface area (Å²) in [6.07, 6.45) is 0. The lowest BCUT2D eigenvalue weighted by molar-refractivity contribution is 0.836. The van der Waals surface area contributed by atoms with E-state index in [1.54, 1.807) is 11.3 Å². The van der Waals surface area contributed by atoms with Gasteiger partial charge in [-0.15, -0.1) is 11.3 Å². The molecule has 2 rings (SSSR count). The Kier molecular flexibility index (Phi) is 3.57. The van der Waals surface area contributed by atoms with Crippen LogP contribution in [0.15, 0.2) is 46.3 Å². The number of nitrogens with two attached hydrogens (primary N) is 1. The highest BCUT2D eigenvalue weighted by molar-refractivity contribution is 9.11. The van der Waals surface area contributed by atoms with Crippen LogP contribution >= 0.6 is 27.3 Å². The van der Waals surface area contributed by atoms with Crippen LogP contribution in [-0.4, -0.2) is 6.54 Å². The summed E-state index contributed by atoms with van der Waals surface area (Å²) in [6.45, 7) is 0.650. The number of hydrogen-bond donors (Lipinski definition) is 1. The van der Waals surface area contributed by atoms with E-state index in [0.717, 1.165) is 3.79 Å². The van der Waals surface area contributed by atoms with Crippen molar-refractivity contribution in [3.63, 3.8) is 0 Å². The summed E-state index contributed by atoms with van der Waals surface area (Å²) in [5.41, 5.74) is 7.12. The fourth-order valence-electron chi connectivity index (χ4n) is 1.62. The third-order valence-electron chi connectivity index (χ3n) is 2.38. The highest BCUT2D eigenvalue weighted by atomic mass is 79.9. The van der Waals surface area contributed by atoms with Crippen molar-refractivity contribution in [3.8, 4) is 0 Å². The van der Waals surface area contributed by atoms with Gasteiger partial charge in [-0.2, -0.15) is 0 Å². The van der Waals surface area contributed by atoms with Crippen LogP contribution in [0.3, 0.4) is 0 Å². The molecule has 0 fully saturated rings. The third kappa shape index (κ3) is 2.48. The summed E-state index contributed by atoms with van der Waals surface area (Å²) in [5, 5.41) is 0. The fourth-order valence-corrected chi connectivity index (χ4v) is 3.18. The first-order valence-corrected chi connectivity index (χ1v) is 6.42. The van der Waals surface area contributed by atoms with Crippen molar-refractivity contribution < 1.29 is 0 Å². The summed E-state index contributed by atoms with van der Waals surface area (Å²) in [4.78, 5) is 1.32. The molecule has 78 valence electrons. The third-order valence-corrected chi connectivity index (χ3v) is 4.11. The topological polar surface area (TPSA) is 26.0 Å². The summed E-state index contributed by atoms with van der Waals surface area (Å²) in [7, 11) is 0. The van der Waals surface area contributed by atoms with Gasteiger partial charge in [-0.1, -0.05) is 30.3 Å². The Morgan fingerprint density at radius 2 is 1.87 bits per heavy atom. The first-order chi connectivity index (χ1) is 7.31. The van der Waals surface area contributed by atoms with Crippen molar-refractivity contribution in [2.45, 2.75) is 5.92 Å². The van der Waals surface area contributed by atoms with Crippen molar-refractivity contribution in [2.75, 3.05) is 6.54 Å². The molecule has 3 heteroatoms. The second kappa shape index (κ2) is 4.92. The van der Waals surface area contributed by atoms with Gasteiger partial charge in [0.15, 0.2) is 0 Å². The lowest BCUT2D eigenvalue weighted by Crippen LogP contribution is -2.12. The minimum Gasteiger partial charge on any atom is -0.329 e. The second-order valence-corrected chi connectivity index (χ2v) is 5.84. The van der Waals surface area contributed by atoms with E-state index >= 15 is 0 Å². The van der Waals surface area contributed by atoms with Gasteiger partial charge in [-0.3, -0.25) is 0 Å². The van der Waals surface area contributed by atoms with E-state index in [-0.39, 0.29) is 0 Å². The molecular weight excluding hydrogens is 270 g/mol. The predicted molar refractivity (Wildman–Crippen MR) is 69.4 cm³/mol. The van der Waals surface area contributed by atoms with E-state index in [2.05, 4.69) is 52.3 Å². The van der Waals surface area contributed by atoms with Gasteiger partial charge in [0.2, 0.25) is 0 Å². The zero-order chi connectivity index (χ0) is 10.7. The Labute approximate surface area is 102 Å². The number of benzene rings is 1. The first kappa shape index (κ1) is 10.9. The average molecular weight is 282 g/mol.